The maximum absolute atomic E-state index is 12.0. The van der Waals surface area contributed by atoms with Gasteiger partial charge in [0.05, 0.1) is 0 Å². The normalized spacial score (nSPS) is 13.2. The highest BCUT2D eigenvalue weighted by atomic mass is 16.2. The van der Waals surface area contributed by atoms with Gasteiger partial charge in [0.1, 0.15) is 5.82 Å². The zero-order valence-electron chi connectivity index (χ0n) is 11.1. The fourth-order valence-corrected chi connectivity index (χ4v) is 1.49. The predicted molar refractivity (Wildman–Crippen MR) is 69.4 cm³/mol. The number of carbonyl (C=O) groups excluding carboxylic acids is 1. The average Bonchev–Trinajstić information content (AvgIpc) is 2.18. The summed E-state index contributed by atoms with van der Waals surface area (Å²) < 4.78 is 0. The number of carbonyl (C=O) groups is 1. The van der Waals surface area contributed by atoms with Crippen molar-refractivity contribution in [2.45, 2.75) is 53.9 Å². The van der Waals surface area contributed by atoms with E-state index in [2.05, 4.69) is 17.2 Å². The van der Waals surface area contributed by atoms with Crippen LogP contribution in [0.3, 0.4) is 0 Å². The summed E-state index contributed by atoms with van der Waals surface area (Å²) in [5.74, 6) is 0.693. The van der Waals surface area contributed by atoms with E-state index in [-0.39, 0.29) is 11.3 Å². The van der Waals surface area contributed by atoms with E-state index in [9.17, 15) is 4.79 Å². The Balaban J connectivity index is 4.58. The van der Waals surface area contributed by atoms with E-state index in [4.69, 9.17) is 0 Å². The monoisotopic (exact) mass is 224 g/mol. The highest BCUT2D eigenvalue weighted by Gasteiger charge is 2.26. The minimum absolute atomic E-state index is 0.0413. The maximum atomic E-state index is 12.0. The van der Waals surface area contributed by atoms with E-state index in [1.54, 1.807) is 6.21 Å². The Labute approximate surface area is 99.0 Å². The van der Waals surface area contributed by atoms with Gasteiger partial charge in [-0.2, -0.15) is 0 Å². The van der Waals surface area contributed by atoms with Crippen molar-refractivity contribution in [1.82, 2.24) is 5.32 Å². The summed E-state index contributed by atoms with van der Waals surface area (Å²) in [5.41, 5.74) is -0.329. The number of amides is 1. The van der Waals surface area contributed by atoms with Crippen LogP contribution in [-0.2, 0) is 4.79 Å². The van der Waals surface area contributed by atoms with Gasteiger partial charge in [-0.1, -0.05) is 34.1 Å². The van der Waals surface area contributed by atoms with E-state index in [1.165, 1.54) is 0 Å². The maximum Gasteiger partial charge on any atom is 0.231 e. The molecule has 0 aromatic heterocycles. The molecular weight excluding hydrogens is 200 g/mol. The van der Waals surface area contributed by atoms with Gasteiger partial charge >= 0.3 is 0 Å². The lowest BCUT2D eigenvalue weighted by Crippen LogP contribution is -2.36. The first kappa shape index (κ1) is 14.9. The highest BCUT2D eigenvalue weighted by molar-refractivity contribution is 5.83. The fourth-order valence-electron chi connectivity index (χ4n) is 1.49. The van der Waals surface area contributed by atoms with Crippen molar-refractivity contribution in [3.63, 3.8) is 0 Å². The molecule has 3 heteroatoms. The van der Waals surface area contributed by atoms with E-state index in [0.717, 1.165) is 19.3 Å². The molecule has 0 aliphatic carbocycles. The molecule has 1 amide bonds. The van der Waals surface area contributed by atoms with E-state index in [0.29, 0.717) is 5.82 Å². The molecule has 0 saturated heterocycles. The topological polar surface area (TPSA) is 41.5 Å². The number of hydrogen-bond donors (Lipinski definition) is 1. The van der Waals surface area contributed by atoms with Crippen molar-refractivity contribution in [3.05, 3.63) is 11.9 Å². The molecular formula is C13H24N2O. The molecule has 0 fully saturated rings. The molecule has 0 aromatic rings. The van der Waals surface area contributed by atoms with Gasteiger partial charge in [0.2, 0.25) is 5.91 Å². The van der Waals surface area contributed by atoms with Crippen LogP contribution in [0.2, 0.25) is 0 Å². The summed E-state index contributed by atoms with van der Waals surface area (Å²) in [5, 5.41) is 2.87. The van der Waals surface area contributed by atoms with Gasteiger partial charge in [-0.3, -0.25) is 4.79 Å². The molecule has 0 aliphatic rings. The van der Waals surface area contributed by atoms with E-state index in [1.807, 2.05) is 33.8 Å². The van der Waals surface area contributed by atoms with Gasteiger partial charge in [0.15, 0.2) is 0 Å². The standard InChI is InChI=1S/C13H24N2O/c1-6-9-11(14-8-3)15-12(16)13(4,5)10-7-2/h8-9H,6-7,10H2,1-5H3,(H,15,16)/b11-9+,14-8?. The molecule has 0 bridgehead atoms. The molecule has 0 aromatic carbocycles. The Kier molecular flexibility index (Phi) is 6.70. The zero-order chi connectivity index (χ0) is 12.6. The summed E-state index contributed by atoms with van der Waals surface area (Å²) in [6.07, 6.45) is 6.36. The van der Waals surface area contributed by atoms with Crippen LogP contribution < -0.4 is 5.32 Å². The third-order valence-corrected chi connectivity index (χ3v) is 2.40. The van der Waals surface area contributed by atoms with Crippen LogP contribution >= 0.6 is 0 Å². The molecule has 0 atom stereocenters. The smallest absolute Gasteiger partial charge is 0.231 e. The van der Waals surface area contributed by atoms with Crippen molar-refractivity contribution in [1.29, 1.82) is 0 Å². The molecule has 0 saturated carbocycles. The molecule has 16 heavy (non-hydrogen) atoms. The second-order valence-electron chi connectivity index (χ2n) is 4.47. The minimum atomic E-state index is -0.329. The minimum Gasteiger partial charge on any atom is -0.311 e. The van der Waals surface area contributed by atoms with Gasteiger partial charge in [-0.05, 0) is 25.8 Å². The number of nitrogens with zero attached hydrogens (tertiary/aromatic N) is 1. The van der Waals surface area contributed by atoms with Crippen molar-refractivity contribution in [3.8, 4) is 0 Å². The Hall–Kier alpha value is -1.12. The van der Waals surface area contributed by atoms with Crippen molar-refractivity contribution in [2.75, 3.05) is 0 Å². The first-order chi connectivity index (χ1) is 7.47. The van der Waals surface area contributed by atoms with Crippen molar-refractivity contribution >= 4 is 12.1 Å². The van der Waals surface area contributed by atoms with Crippen molar-refractivity contribution in [2.24, 2.45) is 10.4 Å². The average molecular weight is 224 g/mol. The van der Waals surface area contributed by atoms with Crippen LogP contribution in [0.4, 0.5) is 0 Å². The zero-order valence-corrected chi connectivity index (χ0v) is 11.1. The summed E-state index contributed by atoms with van der Waals surface area (Å²) in [6.45, 7) is 9.87. The number of hydrogen-bond acceptors (Lipinski definition) is 2. The van der Waals surface area contributed by atoms with E-state index < -0.39 is 0 Å². The first-order valence-electron chi connectivity index (χ1n) is 5.98. The molecule has 0 spiro atoms. The molecule has 0 aliphatic heterocycles. The molecule has 0 rings (SSSR count). The molecule has 92 valence electrons. The van der Waals surface area contributed by atoms with Gasteiger partial charge in [0, 0.05) is 11.6 Å². The lowest BCUT2D eigenvalue weighted by atomic mass is 9.87. The second kappa shape index (κ2) is 7.20. The number of allylic oxidation sites excluding steroid dienone is 1. The largest absolute Gasteiger partial charge is 0.311 e. The summed E-state index contributed by atoms with van der Waals surface area (Å²) in [4.78, 5) is 16.1. The number of nitrogens with one attached hydrogen (secondary N) is 1. The summed E-state index contributed by atoms with van der Waals surface area (Å²) >= 11 is 0. The van der Waals surface area contributed by atoms with Crippen LogP contribution in [0.25, 0.3) is 0 Å². The van der Waals surface area contributed by atoms with Crippen LogP contribution in [0.15, 0.2) is 16.9 Å². The fraction of sp³-hybridized carbons (Fsp3) is 0.692. The lowest BCUT2D eigenvalue weighted by Gasteiger charge is -2.22. The summed E-state index contributed by atoms with van der Waals surface area (Å²) in [7, 11) is 0. The van der Waals surface area contributed by atoms with Crippen LogP contribution in [0, 0.1) is 5.41 Å². The van der Waals surface area contributed by atoms with Gasteiger partial charge in [-0.25, -0.2) is 4.99 Å². The Morgan fingerprint density at radius 2 is 2.00 bits per heavy atom. The van der Waals surface area contributed by atoms with Crippen LogP contribution in [0.5, 0.6) is 0 Å². The molecule has 3 nitrogen and oxygen atoms in total. The van der Waals surface area contributed by atoms with Crippen LogP contribution in [0.1, 0.15) is 53.9 Å². The molecule has 0 heterocycles. The number of rotatable bonds is 6. The number of aliphatic imine (C=N–C) groups is 1. The van der Waals surface area contributed by atoms with Crippen molar-refractivity contribution < 1.29 is 4.79 Å². The van der Waals surface area contributed by atoms with Gasteiger partial charge in [0.25, 0.3) is 0 Å². The first-order valence-corrected chi connectivity index (χ1v) is 5.98. The highest BCUT2D eigenvalue weighted by Crippen LogP contribution is 2.22. The quantitative estimate of drug-likeness (QED) is 0.691. The SMILES string of the molecule is CC=N/C(=C\CC)NC(=O)C(C)(C)CCC. The Morgan fingerprint density at radius 3 is 2.44 bits per heavy atom. The predicted octanol–water partition coefficient (Wildman–Crippen LogP) is 3.27. The van der Waals surface area contributed by atoms with Crippen LogP contribution in [-0.4, -0.2) is 12.1 Å². The second-order valence-corrected chi connectivity index (χ2v) is 4.47. The lowest BCUT2D eigenvalue weighted by molar-refractivity contribution is -0.128. The molecule has 0 unspecified atom stereocenters. The Morgan fingerprint density at radius 1 is 1.38 bits per heavy atom. The van der Waals surface area contributed by atoms with Gasteiger partial charge < -0.3 is 5.32 Å². The molecule has 0 radical (unpaired) electrons. The Bertz CT molecular complexity index is 278. The molecule has 1 N–H and O–H groups in total. The summed E-state index contributed by atoms with van der Waals surface area (Å²) in [6, 6.07) is 0. The third-order valence-electron chi connectivity index (χ3n) is 2.40. The third kappa shape index (κ3) is 5.10. The van der Waals surface area contributed by atoms with Gasteiger partial charge in [-0.15, -0.1) is 0 Å². The van der Waals surface area contributed by atoms with E-state index >= 15 is 0 Å².